The summed E-state index contributed by atoms with van der Waals surface area (Å²) in [4.78, 5) is 15.6. The second kappa shape index (κ2) is 5.57. The van der Waals surface area contributed by atoms with Crippen LogP contribution in [0.15, 0.2) is 28.8 Å². The van der Waals surface area contributed by atoms with E-state index in [0.717, 1.165) is 18.4 Å². The summed E-state index contributed by atoms with van der Waals surface area (Å²) in [6, 6.07) is 5.44. The molecule has 0 radical (unpaired) electrons. The fraction of sp³-hybridized carbons (Fsp3) is 0.333. The Morgan fingerprint density at radius 2 is 2.33 bits per heavy atom. The Balaban J connectivity index is 1.87. The predicted molar refractivity (Wildman–Crippen MR) is 77.0 cm³/mol. The number of fused-ring (bicyclic) bond motifs is 2. The molecule has 1 atom stereocenters. The first-order valence-corrected chi connectivity index (χ1v) is 6.91. The number of amides is 1. The molecule has 2 aliphatic heterocycles. The summed E-state index contributed by atoms with van der Waals surface area (Å²) in [6.07, 6.45) is 2.47. The van der Waals surface area contributed by atoms with Gasteiger partial charge in [0.1, 0.15) is 17.1 Å². The van der Waals surface area contributed by atoms with Crippen LogP contribution in [0.5, 0.6) is 11.5 Å². The van der Waals surface area contributed by atoms with Gasteiger partial charge in [0, 0.05) is 11.6 Å². The average molecular weight is 288 g/mol. The van der Waals surface area contributed by atoms with Crippen molar-refractivity contribution in [1.29, 1.82) is 0 Å². The fourth-order valence-electron chi connectivity index (χ4n) is 2.12. The topological polar surface area (TPSA) is 80.2 Å². The summed E-state index contributed by atoms with van der Waals surface area (Å²) in [5, 5.41) is 11.7. The number of carbonyl (C=O) groups is 1. The molecule has 2 N–H and O–H groups in total. The zero-order valence-electron chi connectivity index (χ0n) is 11.6. The molecule has 0 spiro atoms. The number of aliphatic hydroxyl groups excluding tert-OH is 1. The van der Waals surface area contributed by atoms with Gasteiger partial charge in [0.15, 0.2) is 0 Å². The molecular weight excluding hydrogens is 272 g/mol. The largest absolute Gasteiger partial charge is 0.493 e. The maximum absolute atomic E-state index is 11.8. The number of carbonyl (C=O) groups excluding carboxylic acids is 1. The van der Waals surface area contributed by atoms with Crippen molar-refractivity contribution >= 4 is 17.9 Å². The van der Waals surface area contributed by atoms with Gasteiger partial charge in [-0.3, -0.25) is 4.79 Å². The summed E-state index contributed by atoms with van der Waals surface area (Å²) in [6.45, 7) is 2.75. The first-order valence-electron chi connectivity index (χ1n) is 6.91. The highest BCUT2D eigenvalue weighted by molar-refractivity contribution is 6.24. The van der Waals surface area contributed by atoms with Gasteiger partial charge in [-0.25, -0.2) is 0 Å². The smallest absolute Gasteiger partial charge is 0.260 e. The Labute approximate surface area is 122 Å². The molecule has 6 heteroatoms. The lowest BCUT2D eigenvalue weighted by Crippen LogP contribution is -2.43. The van der Waals surface area contributed by atoms with E-state index < -0.39 is 12.3 Å². The third-order valence-electron chi connectivity index (χ3n) is 3.23. The summed E-state index contributed by atoms with van der Waals surface area (Å²) >= 11 is 0. The van der Waals surface area contributed by atoms with Gasteiger partial charge in [-0.05, 0) is 24.6 Å². The van der Waals surface area contributed by atoms with Crippen LogP contribution in [0, 0.1) is 0 Å². The van der Waals surface area contributed by atoms with Crippen molar-refractivity contribution in [1.82, 2.24) is 5.32 Å². The van der Waals surface area contributed by atoms with Gasteiger partial charge in [0.2, 0.25) is 12.2 Å². The highest BCUT2D eigenvalue weighted by Gasteiger charge is 2.30. The number of nitrogens with zero attached hydrogens (tertiary/aromatic N) is 1. The number of hydrogen-bond acceptors (Lipinski definition) is 5. The van der Waals surface area contributed by atoms with Crippen LogP contribution in [0.1, 0.15) is 25.3 Å². The van der Waals surface area contributed by atoms with Gasteiger partial charge in [-0.15, -0.1) is 0 Å². The standard InChI is InChI=1S/C15H16N2O4/c1-2-3-6-20-10-5-4-9-7-11-13(18)16-15(19)17-14(11)21-12(9)8-10/h4-5,7-8,15,19H,2-3,6H2,1H3,(H,16,18). The highest BCUT2D eigenvalue weighted by Crippen LogP contribution is 2.32. The third kappa shape index (κ3) is 2.75. The first kappa shape index (κ1) is 13.6. The number of aliphatic imine (C=N–C) groups is 1. The van der Waals surface area contributed by atoms with Crippen molar-refractivity contribution in [3.8, 4) is 11.5 Å². The Kier molecular flexibility index (Phi) is 3.62. The van der Waals surface area contributed by atoms with Crippen molar-refractivity contribution in [2.24, 2.45) is 4.99 Å². The average Bonchev–Trinajstić information content (AvgIpc) is 2.45. The van der Waals surface area contributed by atoms with E-state index >= 15 is 0 Å². The normalized spacial score (nSPS) is 19.5. The molecule has 0 fully saturated rings. The SMILES string of the molecule is CCCCOc1ccc2c(c1)OC1=NC(O)NC(=O)C1=C2. The van der Waals surface area contributed by atoms with Crippen LogP contribution in [-0.2, 0) is 4.79 Å². The Bertz CT molecular complexity index is 637. The number of rotatable bonds is 4. The molecule has 0 saturated carbocycles. The molecule has 3 rings (SSSR count). The van der Waals surface area contributed by atoms with Gasteiger partial charge in [-0.2, -0.15) is 4.99 Å². The minimum absolute atomic E-state index is 0.129. The molecule has 0 bridgehead atoms. The maximum Gasteiger partial charge on any atom is 0.260 e. The maximum atomic E-state index is 11.8. The zero-order valence-corrected chi connectivity index (χ0v) is 11.6. The molecule has 21 heavy (non-hydrogen) atoms. The number of hydrogen-bond donors (Lipinski definition) is 2. The summed E-state index contributed by atoms with van der Waals surface area (Å²) in [7, 11) is 0. The molecule has 0 saturated heterocycles. The molecule has 2 heterocycles. The Morgan fingerprint density at radius 3 is 3.14 bits per heavy atom. The van der Waals surface area contributed by atoms with E-state index in [0.29, 0.717) is 23.7 Å². The minimum atomic E-state index is -1.27. The molecule has 0 aromatic heterocycles. The molecule has 1 aromatic rings. The van der Waals surface area contributed by atoms with Gasteiger partial charge in [0.25, 0.3) is 5.91 Å². The van der Waals surface area contributed by atoms with Crippen LogP contribution in [0.25, 0.3) is 6.08 Å². The van der Waals surface area contributed by atoms with Crippen LogP contribution in [0.3, 0.4) is 0 Å². The van der Waals surface area contributed by atoms with E-state index in [1.807, 2.05) is 12.1 Å². The zero-order chi connectivity index (χ0) is 14.8. The van der Waals surface area contributed by atoms with E-state index in [2.05, 4.69) is 17.2 Å². The highest BCUT2D eigenvalue weighted by atomic mass is 16.5. The van der Waals surface area contributed by atoms with Crippen LogP contribution in [-0.4, -0.2) is 29.9 Å². The third-order valence-corrected chi connectivity index (χ3v) is 3.23. The van der Waals surface area contributed by atoms with Gasteiger partial charge < -0.3 is 19.9 Å². The van der Waals surface area contributed by atoms with E-state index in [1.54, 1.807) is 12.1 Å². The number of unbranched alkanes of at least 4 members (excludes halogenated alkanes) is 1. The summed E-state index contributed by atoms with van der Waals surface area (Å²) < 4.78 is 11.2. The van der Waals surface area contributed by atoms with Gasteiger partial charge in [-0.1, -0.05) is 13.3 Å². The Morgan fingerprint density at radius 1 is 1.48 bits per heavy atom. The molecule has 1 amide bonds. The minimum Gasteiger partial charge on any atom is -0.493 e. The predicted octanol–water partition coefficient (Wildman–Crippen LogP) is 1.45. The summed E-state index contributed by atoms with van der Waals surface area (Å²) in [5.74, 6) is 1.000. The van der Waals surface area contributed by atoms with E-state index in [9.17, 15) is 9.90 Å². The van der Waals surface area contributed by atoms with Crippen molar-refractivity contribution in [3.05, 3.63) is 29.3 Å². The van der Waals surface area contributed by atoms with Gasteiger partial charge in [0.05, 0.1) is 6.61 Å². The van der Waals surface area contributed by atoms with E-state index in [-0.39, 0.29) is 5.90 Å². The van der Waals surface area contributed by atoms with Crippen LogP contribution >= 0.6 is 0 Å². The van der Waals surface area contributed by atoms with E-state index in [4.69, 9.17) is 9.47 Å². The van der Waals surface area contributed by atoms with Crippen molar-refractivity contribution in [2.75, 3.05) is 6.61 Å². The van der Waals surface area contributed by atoms with Crippen molar-refractivity contribution in [3.63, 3.8) is 0 Å². The second-order valence-corrected chi connectivity index (χ2v) is 4.84. The monoisotopic (exact) mass is 288 g/mol. The Hall–Kier alpha value is -2.34. The molecule has 0 aliphatic carbocycles. The first-order chi connectivity index (χ1) is 10.2. The van der Waals surface area contributed by atoms with Crippen molar-refractivity contribution < 1.29 is 19.4 Å². The molecule has 2 aliphatic rings. The lowest BCUT2D eigenvalue weighted by atomic mass is 10.1. The van der Waals surface area contributed by atoms with E-state index in [1.165, 1.54) is 0 Å². The second-order valence-electron chi connectivity index (χ2n) is 4.84. The number of nitrogens with one attached hydrogen (secondary N) is 1. The van der Waals surface area contributed by atoms with Crippen LogP contribution < -0.4 is 14.8 Å². The molecule has 1 aromatic carbocycles. The number of benzene rings is 1. The molecule has 6 nitrogen and oxygen atoms in total. The summed E-state index contributed by atoms with van der Waals surface area (Å²) in [5.41, 5.74) is 1.09. The molecule has 1 unspecified atom stereocenters. The lowest BCUT2D eigenvalue weighted by molar-refractivity contribution is -0.120. The lowest BCUT2D eigenvalue weighted by Gasteiger charge is -2.24. The van der Waals surface area contributed by atoms with Crippen LogP contribution in [0.4, 0.5) is 0 Å². The number of aliphatic hydroxyl groups is 1. The quantitative estimate of drug-likeness (QED) is 0.822. The van der Waals surface area contributed by atoms with Gasteiger partial charge >= 0.3 is 0 Å². The molecule has 110 valence electrons. The number of ether oxygens (including phenoxy) is 2. The van der Waals surface area contributed by atoms with Crippen LogP contribution in [0.2, 0.25) is 0 Å². The fourth-order valence-corrected chi connectivity index (χ4v) is 2.12. The van der Waals surface area contributed by atoms with Crippen molar-refractivity contribution in [2.45, 2.75) is 26.1 Å². The molecular formula is C15H16N2O4.